The average Bonchev–Trinajstić information content (AvgIpc) is 2.39. The molecule has 0 radical (unpaired) electrons. The molecule has 1 fully saturated rings. The van der Waals surface area contributed by atoms with Crippen molar-refractivity contribution in [2.45, 2.75) is 43.5 Å². The minimum absolute atomic E-state index is 0.0625. The highest BCUT2D eigenvalue weighted by Crippen LogP contribution is 2.26. The summed E-state index contributed by atoms with van der Waals surface area (Å²) in [5.74, 6) is 0.262. The molecule has 1 aliphatic rings. The Hall–Kier alpha value is -0.620. The van der Waals surface area contributed by atoms with Crippen LogP contribution in [0.5, 0.6) is 0 Å². The zero-order valence-corrected chi connectivity index (χ0v) is 13.4. The summed E-state index contributed by atoms with van der Waals surface area (Å²) in [4.78, 5) is 0.177. The number of sulfonamides is 1. The van der Waals surface area contributed by atoms with Crippen molar-refractivity contribution in [2.75, 3.05) is 13.1 Å². The summed E-state index contributed by atoms with van der Waals surface area (Å²) in [6.45, 7) is 5.67. The van der Waals surface area contributed by atoms with Crippen LogP contribution < -0.4 is 10.0 Å². The number of halogens is 1. The van der Waals surface area contributed by atoms with Crippen molar-refractivity contribution >= 4 is 21.6 Å². The van der Waals surface area contributed by atoms with Gasteiger partial charge in [0.2, 0.25) is 10.0 Å². The highest BCUT2D eigenvalue weighted by atomic mass is 35.5. The first kappa shape index (κ1) is 15.8. The van der Waals surface area contributed by atoms with Gasteiger partial charge in [-0.05, 0) is 43.0 Å². The van der Waals surface area contributed by atoms with Crippen LogP contribution in [0.1, 0.15) is 38.2 Å². The van der Waals surface area contributed by atoms with Crippen LogP contribution in [-0.2, 0) is 10.0 Å². The maximum absolute atomic E-state index is 12.5. The first-order valence-corrected chi connectivity index (χ1v) is 8.79. The molecular weight excluding hydrogens is 296 g/mol. The predicted molar refractivity (Wildman–Crippen MR) is 81.8 cm³/mol. The van der Waals surface area contributed by atoms with Crippen molar-refractivity contribution in [1.82, 2.24) is 10.0 Å². The summed E-state index contributed by atoms with van der Waals surface area (Å²) in [6, 6.07) is 5.14. The third kappa shape index (κ3) is 3.73. The Labute approximate surface area is 126 Å². The van der Waals surface area contributed by atoms with Gasteiger partial charge in [0.05, 0.1) is 5.02 Å². The number of rotatable bonds is 4. The van der Waals surface area contributed by atoms with Gasteiger partial charge in [-0.25, -0.2) is 13.1 Å². The van der Waals surface area contributed by atoms with Gasteiger partial charge in [0.1, 0.15) is 4.90 Å². The first-order valence-electron chi connectivity index (χ1n) is 6.92. The summed E-state index contributed by atoms with van der Waals surface area (Å²) in [6.07, 6.45) is 1.83. The highest BCUT2D eigenvalue weighted by Gasteiger charge is 2.24. The largest absolute Gasteiger partial charge is 0.315 e. The van der Waals surface area contributed by atoms with Gasteiger partial charge in [-0.2, -0.15) is 0 Å². The molecule has 112 valence electrons. The molecule has 0 aromatic heterocycles. The zero-order chi connectivity index (χ0) is 14.8. The summed E-state index contributed by atoms with van der Waals surface area (Å²) in [5.41, 5.74) is 0.969. The molecule has 0 saturated carbocycles. The zero-order valence-electron chi connectivity index (χ0n) is 11.8. The molecule has 1 aromatic carbocycles. The van der Waals surface area contributed by atoms with E-state index in [4.69, 9.17) is 11.6 Å². The lowest BCUT2D eigenvalue weighted by molar-refractivity contribution is 0.428. The van der Waals surface area contributed by atoms with Crippen LogP contribution in [0.3, 0.4) is 0 Å². The molecule has 1 saturated heterocycles. The molecule has 4 nitrogen and oxygen atoms in total. The fraction of sp³-hybridized carbons (Fsp3) is 0.571. The number of hydrogen-bond donors (Lipinski definition) is 2. The van der Waals surface area contributed by atoms with Crippen molar-refractivity contribution in [3.05, 3.63) is 28.8 Å². The molecule has 1 atom stereocenters. The summed E-state index contributed by atoms with van der Waals surface area (Å²) >= 11 is 6.07. The van der Waals surface area contributed by atoms with E-state index < -0.39 is 10.0 Å². The average molecular weight is 317 g/mol. The molecule has 1 heterocycles. The van der Waals surface area contributed by atoms with Gasteiger partial charge in [0, 0.05) is 12.6 Å². The van der Waals surface area contributed by atoms with E-state index in [1.54, 1.807) is 12.1 Å². The third-order valence-electron chi connectivity index (χ3n) is 3.53. The van der Waals surface area contributed by atoms with E-state index in [0.717, 1.165) is 24.9 Å². The van der Waals surface area contributed by atoms with E-state index in [1.807, 2.05) is 19.9 Å². The third-order valence-corrected chi connectivity index (χ3v) is 5.53. The number of benzene rings is 1. The van der Waals surface area contributed by atoms with Crippen molar-refractivity contribution < 1.29 is 8.42 Å². The number of hydrogen-bond acceptors (Lipinski definition) is 3. The van der Waals surface area contributed by atoms with E-state index in [2.05, 4.69) is 10.0 Å². The minimum Gasteiger partial charge on any atom is -0.315 e. The molecule has 1 aliphatic heterocycles. The van der Waals surface area contributed by atoms with Crippen LogP contribution in [0.4, 0.5) is 0 Å². The van der Waals surface area contributed by atoms with Gasteiger partial charge >= 0.3 is 0 Å². The molecule has 0 bridgehead atoms. The predicted octanol–water partition coefficient (Wildman–Crippen LogP) is 2.49. The van der Waals surface area contributed by atoms with Gasteiger partial charge < -0.3 is 5.32 Å². The first-order chi connectivity index (χ1) is 9.40. The Morgan fingerprint density at radius 3 is 2.75 bits per heavy atom. The Kier molecular flexibility index (Phi) is 5.07. The summed E-state index contributed by atoms with van der Waals surface area (Å²) in [5, 5.41) is 3.46. The van der Waals surface area contributed by atoms with Crippen LogP contribution in [0.15, 0.2) is 23.1 Å². The highest BCUT2D eigenvalue weighted by molar-refractivity contribution is 7.89. The second kappa shape index (κ2) is 6.43. The number of nitrogens with one attached hydrogen (secondary N) is 2. The Balaban J connectivity index is 2.26. The van der Waals surface area contributed by atoms with E-state index >= 15 is 0 Å². The molecule has 6 heteroatoms. The Bertz CT molecular complexity index is 567. The smallest absolute Gasteiger partial charge is 0.242 e. The molecule has 2 rings (SSSR count). The number of piperidine rings is 1. The van der Waals surface area contributed by atoms with Crippen LogP contribution in [0.2, 0.25) is 5.02 Å². The molecule has 1 aromatic rings. The van der Waals surface area contributed by atoms with Gasteiger partial charge in [-0.15, -0.1) is 0 Å². The van der Waals surface area contributed by atoms with Crippen molar-refractivity contribution in [1.29, 1.82) is 0 Å². The molecule has 2 N–H and O–H groups in total. The van der Waals surface area contributed by atoms with Crippen molar-refractivity contribution in [3.63, 3.8) is 0 Å². The Morgan fingerprint density at radius 2 is 2.15 bits per heavy atom. The summed E-state index contributed by atoms with van der Waals surface area (Å²) in [7, 11) is -3.57. The fourth-order valence-electron chi connectivity index (χ4n) is 2.32. The molecule has 0 unspecified atom stereocenters. The monoisotopic (exact) mass is 316 g/mol. The SMILES string of the molecule is CC(C)c1ccc(Cl)c(S(=O)(=O)N[C@H]2CCCNC2)c1. The molecule has 0 aliphatic carbocycles. The van der Waals surface area contributed by atoms with Crippen LogP contribution >= 0.6 is 11.6 Å². The molecule has 20 heavy (non-hydrogen) atoms. The normalized spacial score (nSPS) is 20.3. The maximum Gasteiger partial charge on any atom is 0.242 e. The topological polar surface area (TPSA) is 58.2 Å². The van der Waals surface area contributed by atoms with E-state index in [1.165, 1.54) is 0 Å². The van der Waals surface area contributed by atoms with E-state index in [0.29, 0.717) is 6.54 Å². The quantitative estimate of drug-likeness (QED) is 0.897. The van der Waals surface area contributed by atoms with Gasteiger partial charge in [0.15, 0.2) is 0 Å². The lowest BCUT2D eigenvalue weighted by atomic mass is 10.0. The maximum atomic E-state index is 12.5. The summed E-state index contributed by atoms with van der Waals surface area (Å²) < 4.78 is 27.7. The molecule has 0 spiro atoms. The second-order valence-electron chi connectivity index (χ2n) is 5.51. The minimum atomic E-state index is -3.57. The lowest BCUT2D eigenvalue weighted by Crippen LogP contribution is -2.45. The molecular formula is C14H21ClN2O2S. The van der Waals surface area contributed by atoms with Crippen LogP contribution in [0.25, 0.3) is 0 Å². The van der Waals surface area contributed by atoms with Gasteiger partial charge in [-0.1, -0.05) is 31.5 Å². The van der Waals surface area contributed by atoms with E-state index in [-0.39, 0.29) is 21.9 Å². The lowest BCUT2D eigenvalue weighted by Gasteiger charge is -2.24. The second-order valence-corrected chi connectivity index (χ2v) is 7.60. The fourth-order valence-corrected chi connectivity index (χ4v) is 4.13. The van der Waals surface area contributed by atoms with Gasteiger partial charge in [0.25, 0.3) is 0 Å². The van der Waals surface area contributed by atoms with Gasteiger partial charge in [-0.3, -0.25) is 0 Å². The standard InChI is InChI=1S/C14H21ClN2O2S/c1-10(2)11-5-6-13(15)14(8-11)20(18,19)17-12-4-3-7-16-9-12/h5-6,8,10,12,16-17H,3-4,7,9H2,1-2H3/t12-/m0/s1. The van der Waals surface area contributed by atoms with Crippen LogP contribution in [-0.4, -0.2) is 27.5 Å². The van der Waals surface area contributed by atoms with E-state index in [9.17, 15) is 8.42 Å². The van der Waals surface area contributed by atoms with Crippen molar-refractivity contribution in [3.8, 4) is 0 Å². The molecule has 0 amide bonds. The van der Waals surface area contributed by atoms with Crippen molar-refractivity contribution in [2.24, 2.45) is 0 Å². The van der Waals surface area contributed by atoms with Crippen LogP contribution in [0, 0.1) is 0 Å². The Morgan fingerprint density at radius 1 is 1.40 bits per heavy atom.